The van der Waals surface area contributed by atoms with Crippen LogP contribution in [-0.4, -0.2) is 19.7 Å². The smallest absolute Gasteiger partial charge is 0.312 e. The van der Waals surface area contributed by atoms with Crippen molar-refractivity contribution in [1.29, 1.82) is 0 Å². The van der Waals surface area contributed by atoms with Crippen molar-refractivity contribution in [1.82, 2.24) is 14.8 Å². The summed E-state index contributed by atoms with van der Waals surface area (Å²) in [6.45, 7) is 4.31. The van der Waals surface area contributed by atoms with E-state index in [1.165, 1.54) is 12.3 Å². The third-order valence-corrected chi connectivity index (χ3v) is 3.56. The molecule has 20 heavy (non-hydrogen) atoms. The van der Waals surface area contributed by atoms with Crippen molar-refractivity contribution in [3.8, 4) is 0 Å². The van der Waals surface area contributed by atoms with E-state index in [-0.39, 0.29) is 11.5 Å². The molecular formula is C12H14BrN5O2. The summed E-state index contributed by atoms with van der Waals surface area (Å²) >= 11 is 3.18. The highest BCUT2D eigenvalue weighted by molar-refractivity contribution is 9.10. The topological polar surface area (TPSA) is 85.9 Å². The van der Waals surface area contributed by atoms with Gasteiger partial charge in [0.1, 0.15) is 0 Å². The van der Waals surface area contributed by atoms with Gasteiger partial charge in [0.2, 0.25) is 5.82 Å². The van der Waals surface area contributed by atoms with Crippen LogP contribution >= 0.6 is 15.9 Å². The molecule has 0 aliphatic carbocycles. The number of anilines is 1. The van der Waals surface area contributed by atoms with E-state index in [4.69, 9.17) is 0 Å². The summed E-state index contributed by atoms with van der Waals surface area (Å²) in [4.78, 5) is 14.6. The second-order valence-electron chi connectivity index (χ2n) is 4.40. The van der Waals surface area contributed by atoms with Gasteiger partial charge < -0.3 is 5.32 Å². The molecule has 106 valence electrons. The number of aromatic nitrogens is 3. The fourth-order valence-electron chi connectivity index (χ4n) is 1.95. The van der Waals surface area contributed by atoms with Crippen LogP contribution in [0.1, 0.15) is 17.0 Å². The first-order valence-corrected chi connectivity index (χ1v) is 6.72. The van der Waals surface area contributed by atoms with Gasteiger partial charge in [-0.25, -0.2) is 4.98 Å². The van der Waals surface area contributed by atoms with E-state index in [1.807, 2.05) is 20.9 Å². The Labute approximate surface area is 124 Å². The van der Waals surface area contributed by atoms with Crippen LogP contribution in [0.4, 0.5) is 11.5 Å². The predicted molar refractivity (Wildman–Crippen MR) is 78.6 cm³/mol. The number of nitrogens with zero attached hydrogens (tertiary/aromatic N) is 4. The van der Waals surface area contributed by atoms with E-state index in [1.54, 1.807) is 4.68 Å². The number of hydrogen-bond donors (Lipinski definition) is 1. The molecule has 0 fully saturated rings. The molecule has 0 amide bonds. The van der Waals surface area contributed by atoms with Crippen molar-refractivity contribution in [3.05, 3.63) is 43.8 Å². The van der Waals surface area contributed by atoms with Crippen molar-refractivity contribution in [2.24, 2.45) is 7.05 Å². The lowest BCUT2D eigenvalue weighted by Crippen LogP contribution is -2.06. The number of hydrogen-bond acceptors (Lipinski definition) is 5. The summed E-state index contributed by atoms with van der Waals surface area (Å²) in [7, 11) is 1.87. The molecule has 0 saturated heterocycles. The fraction of sp³-hybridized carbons (Fsp3) is 0.333. The predicted octanol–water partition coefficient (Wildman–Crippen LogP) is 2.71. The molecule has 0 saturated carbocycles. The lowest BCUT2D eigenvalue weighted by molar-refractivity contribution is -0.384. The maximum absolute atomic E-state index is 11.0. The van der Waals surface area contributed by atoms with E-state index >= 15 is 0 Å². The van der Waals surface area contributed by atoms with E-state index in [9.17, 15) is 10.1 Å². The molecule has 0 aliphatic heterocycles. The summed E-state index contributed by atoms with van der Waals surface area (Å²) < 4.78 is 2.36. The van der Waals surface area contributed by atoms with Gasteiger partial charge in [-0.3, -0.25) is 14.8 Å². The van der Waals surface area contributed by atoms with Crippen molar-refractivity contribution in [3.63, 3.8) is 0 Å². The number of halogens is 1. The first kappa shape index (κ1) is 14.4. The summed E-state index contributed by atoms with van der Waals surface area (Å²) in [5, 5.41) is 18.3. The van der Waals surface area contributed by atoms with Crippen molar-refractivity contribution in [2.45, 2.75) is 20.4 Å². The minimum atomic E-state index is -0.455. The van der Waals surface area contributed by atoms with Crippen LogP contribution < -0.4 is 5.32 Å². The van der Waals surface area contributed by atoms with Gasteiger partial charge in [0.25, 0.3) is 0 Å². The zero-order valence-corrected chi connectivity index (χ0v) is 12.9. The molecule has 1 N–H and O–H groups in total. The van der Waals surface area contributed by atoms with Crippen LogP contribution in [0.3, 0.4) is 0 Å². The first-order valence-electron chi connectivity index (χ1n) is 5.93. The summed E-state index contributed by atoms with van der Waals surface area (Å²) in [6, 6.07) is 1.43. The van der Waals surface area contributed by atoms with Crippen molar-refractivity contribution >= 4 is 27.4 Å². The molecule has 0 unspecified atom stereocenters. The molecule has 0 atom stereocenters. The third kappa shape index (κ3) is 2.79. The van der Waals surface area contributed by atoms with Crippen LogP contribution in [-0.2, 0) is 13.6 Å². The maximum atomic E-state index is 11.0. The summed E-state index contributed by atoms with van der Waals surface area (Å²) in [6.07, 6.45) is 1.53. The average Bonchev–Trinajstić information content (AvgIpc) is 2.62. The largest absolute Gasteiger partial charge is 0.360 e. The highest BCUT2D eigenvalue weighted by atomic mass is 79.9. The molecule has 2 aromatic heterocycles. The van der Waals surface area contributed by atoms with Crippen molar-refractivity contribution in [2.75, 3.05) is 5.32 Å². The van der Waals surface area contributed by atoms with E-state index < -0.39 is 4.92 Å². The van der Waals surface area contributed by atoms with E-state index in [0.717, 1.165) is 17.0 Å². The van der Waals surface area contributed by atoms with Gasteiger partial charge in [0.05, 0.1) is 10.6 Å². The minimum Gasteiger partial charge on any atom is -0.360 e. The van der Waals surface area contributed by atoms with Gasteiger partial charge in [-0.15, -0.1) is 0 Å². The molecule has 8 heteroatoms. The number of aryl methyl sites for hydroxylation is 2. The Morgan fingerprint density at radius 2 is 2.20 bits per heavy atom. The lowest BCUT2D eigenvalue weighted by Gasteiger charge is -2.07. The molecular weight excluding hydrogens is 326 g/mol. The lowest BCUT2D eigenvalue weighted by atomic mass is 10.2. The molecule has 2 heterocycles. The van der Waals surface area contributed by atoms with E-state index in [2.05, 4.69) is 31.3 Å². The SMILES string of the molecule is Cc1nn(C)c(C)c1CNc1ncc(Br)cc1[N+](=O)[O-]. The highest BCUT2D eigenvalue weighted by Crippen LogP contribution is 2.26. The Hall–Kier alpha value is -1.96. The Morgan fingerprint density at radius 1 is 1.50 bits per heavy atom. The monoisotopic (exact) mass is 339 g/mol. The van der Waals surface area contributed by atoms with Crippen LogP contribution in [0.15, 0.2) is 16.7 Å². The zero-order chi connectivity index (χ0) is 14.9. The number of nitro groups is 1. The van der Waals surface area contributed by atoms with Gasteiger partial charge in [-0.05, 0) is 29.8 Å². The Morgan fingerprint density at radius 3 is 2.75 bits per heavy atom. The van der Waals surface area contributed by atoms with Gasteiger partial charge in [0.15, 0.2) is 0 Å². The third-order valence-electron chi connectivity index (χ3n) is 3.12. The van der Waals surface area contributed by atoms with Crippen molar-refractivity contribution < 1.29 is 4.92 Å². The molecule has 0 spiro atoms. The second kappa shape index (κ2) is 5.58. The maximum Gasteiger partial charge on any atom is 0.312 e. The van der Waals surface area contributed by atoms with Gasteiger partial charge >= 0.3 is 5.69 Å². The fourth-order valence-corrected chi connectivity index (χ4v) is 2.27. The highest BCUT2D eigenvalue weighted by Gasteiger charge is 2.17. The second-order valence-corrected chi connectivity index (χ2v) is 5.32. The van der Waals surface area contributed by atoms with E-state index in [0.29, 0.717) is 11.0 Å². The Kier molecular flexibility index (Phi) is 4.03. The number of nitrogens with one attached hydrogen (secondary N) is 1. The Balaban J connectivity index is 2.25. The van der Waals surface area contributed by atoms with Gasteiger partial charge in [0, 0.05) is 41.6 Å². The van der Waals surface area contributed by atoms with Gasteiger partial charge in [-0.2, -0.15) is 5.10 Å². The molecule has 0 bridgehead atoms. The number of pyridine rings is 1. The molecule has 2 aromatic rings. The van der Waals surface area contributed by atoms with Crippen LogP contribution in [0.5, 0.6) is 0 Å². The minimum absolute atomic E-state index is 0.0569. The number of rotatable bonds is 4. The normalized spacial score (nSPS) is 10.6. The zero-order valence-electron chi connectivity index (χ0n) is 11.3. The molecule has 2 rings (SSSR count). The molecule has 0 radical (unpaired) electrons. The van der Waals surface area contributed by atoms with Gasteiger partial charge in [-0.1, -0.05) is 0 Å². The molecule has 7 nitrogen and oxygen atoms in total. The quantitative estimate of drug-likeness (QED) is 0.683. The standard InChI is InChI=1S/C12H14BrN5O2/c1-7-10(8(2)17(3)16-7)6-15-12-11(18(19)20)4-9(13)5-14-12/h4-5H,6H2,1-3H3,(H,14,15). The Bertz CT molecular complexity index is 668. The summed E-state index contributed by atoms with van der Waals surface area (Å²) in [5.74, 6) is 0.251. The van der Waals surface area contributed by atoms with Crippen LogP contribution in [0, 0.1) is 24.0 Å². The molecule has 0 aliphatic rings. The average molecular weight is 340 g/mol. The molecule has 0 aromatic carbocycles. The van der Waals surface area contributed by atoms with Crippen LogP contribution in [0.25, 0.3) is 0 Å². The summed E-state index contributed by atoms with van der Waals surface area (Å²) in [5.41, 5.74) is 2.89. The van der Waals surface area contributed by atoms with Crippen LogP contribution in [0.2, 0.25) is 0 Å². The first-order chi connectivity index (χ1) is 9.40.